The molecule has 1 amide bonds. The van der Waals surface area contributed by atoms with E-state index in [1.54, 1.807) is 31.5 Å². The Morgan fingerprint density at radius 2 is 1.97 bits per heavy atom. The Labute approximate surface area is 188 Å². The van der Waals surface area contributed by atoms with Gasteiger partial charge in [0.2, 0.25) is 15.9 Å². The third-order valence-corrected chi connectivity index (χ3v) is 8.00. The molecule has 2 aromatic carbocycles. The third kappa shape index (κ3) is 4.35. The Morgan fingerprint density at radius 3 is 2.69 bits per heavy atom. The van der Waals surface area contributed by atoms with E-state index in [0.717, 1.165) is 16.7 Å². The van der Waals surface area contributed by atoms with Gasteiger partial charge in [0.25, 0.3) is 0 Å². The third-order valence-electron chi connectivity index (χ3n) is 6.10. The minimum Gasteiger partial charge on any atom is -0.496 e. The maximum Gasteiger partial charge on any atom is 0.243 e. The number of carbonyl (C=O) groups excluding carboxylic acids is 1. The first-order valence-corrected chi connectivity index (χ1v) is 12.2. The Hall–Kier alpha value is -2.91. The highest BCUT2D eigenvalue weighted by atomic mass is 32.2. The van der Waals surface area contributed by atoms with E-state index in [-0.39, 0.29) is 16.7 Å². The number of ether oxygens (including phenoxy) is 1. The predicted octanol–water partition coefficient (Wildman–Crippen LogP) is 3.02. The van der Waals surface area contributed by atoms with E-state index >= 15 is 0 Å². The molecule has 0 radical (unpaired) electrons. The first-order valence-electron chi connectivity index (χ1n) is 10.8. The standard InChI is InChI=1S/C23H28N4O4S/c1-3-26(16-19-6-4-5-7-22(19)31-2)23(28)17-10-12-27(13-11-17)32(29,30)20-9-8-18-15-24-25-21(18)14-20/h4-9,14-15,17H,3,10-13,16H2,1-2H3,(H,24,25). The number of methoxy groups -OCH3 is 1. The quantitative estimate of drug-likeness (QED) is 0.590. The van der Waals surface area contributed by atoms with E-state index in [1.165, 1.54) is 4.31 Å². The number of nitrogens with zero attached hydrogens (tertiary/aromatic N) is 3. The number of hydrogen-bond donors (Lipinski definition) is 1. The normalized spacial score (nSPS) is 15.7. The first-order chi connectivity index (χ1) is 15.4. The Morgan fingerprint density at radius 1 is 1.22 bits per heavy atom. The van der Waals surface area contributed by atoms with Crippen LogP contribution in [-0.4, -0.2) is 60.5 Å². The zero-order valence-electron chi connectivity index (χ0n) is 18.3. The molecule has 1 aliphatic rings. The monoisotopic (exact) mass is 456 g/mol. The summed E-state index contributed by atoms with van der Waals surface area (Å²) in [6, 6.07) is 12.6. The molecule has 170 valence electrons. The lowest BCUT2D eigenvalue weighted by Gasteiger charge is -2.33. The van der Waals surface area contributed by atoms with Gasteiger partial charge in [-0.25, -0.2) is 8.42 Å². The van der Waals surface area contributed by atoms with Gasteiger partial charge in [-0.15, -0.1) is 0 Å². The van der Waals surface area contributed by atoms with Crippen molar-refractivity contribution in [2.24, 2.45) is 5.92 Å². The second-order valence-corrected chi connectivity index (χ2v) is 9.90. The lowest BCUT2D eigenvalue weighted by molar-refractivity contribution is -0.137. The summed E-state index contributed by atoms with van der Waals surface area (Å²) in [6.07, 6.45) is 2.67. The van der Waals surface area contributed by atoms with Crippen molar-refractivity contribution in [1.82, 2.24) is 19.4 Å². The van der Waals surface area contributed by atoms with E-state index in [9.17, 15) is 13.2 Å². The van der Waals surface area contributed by atoms with Crippen molar-refractivity contribution in [2.45, 2.75) is 31.2 Å². The molecule has 3 aromatic rings. The summed E-state index contributed by atoms with van der Waals surface area (Å²) in [5.74, 6) is 0.634. The number of aromatic amines is 1. The summed E-state index contributed by atoms with van der Waals surface area (Å²) in [4.78, 5) is 15.2. The maximum atomic E-state index is 13.2. The van der Waals surface area contributed by atoms with E-state index in [1.807, 2.05) is 36.1 Å². The van der Waals surface area contributed by atoms with Crippen LogP contribution in [-0.2, 0) is 21.4 Å². The van der Waals surface area contributed by atoms with Crippen molar-refractivity contribution in [3.8, 4) is 5.75 Å². The van der Waals surface area contributed by atoms with Crippen LogP contribution in [0.4, 0.5) is 0 Å². The minimum absolute atomic E-state index is 0.0642. The number of carbonyl (C=O) groups is 1. The van der Waals surface area contributed by atoms with Crippen LogP contribution in [0, 0.1) is 5.92 Å². The van der Waals surface area contributed by atoms with Gasteiger partial charge in [-0.1, -0.05) is 18.2 Å². The molecule has 0 bridgehead atoms. The van der Waals surface area contributed by atoms with E-state index < -0.39 is 10.0 Å². The fraction of sp³-hybridized carbons (Fsp3) is 0.391. The SMILES string of the molecule is CCN(Cc1ccccc1OC)C(=O)C1CCN(S(=O)(=O)c2ccc3cn[nH]c3c2)CC1. The highest BCUT2D eigenvalue weighted by Gasteiger charge is 2.34. The Bertz CT molecular complexity index is 1200. The predicted molar refractivity (Wildman–Crippen MR) is 122 cm³/mol. The molecule has 1 N–H and O–H groups in total. The number of amides is 1. The average molecular weight is 457 g/mol. The van der Waals surface area contributed by atoms with Gasteiger partial charge in [0.1, 0.15) is 5.75 Å². The summed E-state index contributed by atoms with van der Waals surface area (Å²) >= 11 is 0. The molecule has 1 fully saturated rings. The molecule has 2 heterocycles. The van der Waals surface area contributed by atoms with Crippen molar-refractivity contribution in [3.05, 3.63) is 54.2 Å². The van der Waals surface area contributed by atoms with Gasteiger partial charge in [-0.3, -0.25) is 9.89 Å². The zero-order chi connectivity index (χ0) is 22.7. The van der Waals surface area contributed by atoms with Crippen molar-refractivity contribution < 1.29 is 17.9 Å². The summed E-state index contributed by atoms with van der Waals surface area (Å²) in [5, 5.41) is 7.62. The molecule has 0 atom stereocenters. The fourth-order valence-electron chi connectivity index (χ4n) is 4.21. The fourth-order valence-corrected chi connectivity index (χ4v) is 5.71. The number of hydrogen-bond acceptors (Lipinski definition) is 5. The summed E-state index contributed by atoms with van der Waals surface area (Å²) in [6.45, 7) is 3.66. The molecule has 1 saturated heterocycles. The number of para-hydroxylation sites is 1. The molecular weight excluding hydrogens is 428 g/mol. The smallest absolute Gasteiger partial charge is 0.243 e. The molecule has 1 aliphatic heterocycles. The van der Waals surface area contributed by atoms with Gasteiger partial charge in [0.15, 0.2) is 0 Å². The van der Waals surface area contributed by atoms with Crippen LogP contribution < -0.4 is 4.74 Å². The first kappa shape index (κ1) is 22.3. The number of nitrogens with one attached hydrogen (secondary N) is 1. The van der Waals surface area contributed by atoms with Crippen LogP contribution in [0.15, 0.2) is 53.6 Å². The Kier molecular flexibility index (Phi) is 6.48. The number of rotatable bonds is 7. The van der Waals surface area contributed by atoms with Crippen molar-refractivity contribution in [2.75, 3.05) is 26.7 Å². The molecule has 32 heavy (non-hydrogen) atoms. The second kappa shape index (κ2) is 9.30. The van der Waals surface area contributed by atoms with Crippen LogP contribution in [0.3, 0.4) is 0 Å². The van der Waals surface area contributed by atoms with E-state index in [0.29, 0.717) is 44.5 Å². The molecule has 0 saturated carbocycles. The number of piperidine rings is 1. The van der Waals surface area contributed by atoms with Crippen molar-refractivity contribution in [3.63, 3.8) is 0 Å². The molecule has 0 unspecified atom stereocenters. The molecule has 0 aliphatic carbocycles. The van der Waals surface area contributed by atoms with Crippen molar-refractivity contribution >= 4 is 26.8 Å². The van der Waals surface area contributed by atoms with Crippen LogP contribution in [0.2, 0.25) is 0 Å². The number of H-pyrrole nitrogens is 1. The van der Waals surface area contributed by atoms with Crippen LogP contribution >= 0.6 is 0 Å². The summed E-state index contributed by atoms with van der Waals surface area (Å²) in [5.41, 5.74) is 1.64. The molecule has 8 nitrogen and oxygen atoms in total. The summed E-state index contributed by atoms with van der Waals surface area (Å²) < 4.78 is 33.1. The van der Waals surface area contributed by atoms with E-state index in [4.69, 9.17) is 4.74 Å². The molecule has 4 rings (SSSR count). The topological polar surface area (TPSA) is 95.6 Å². The van der Waals surface area contributed by atoms with Gasteiger partial charge in [0.05, 0.1) is 23.7 Å². The highest BCUT2D eigenvalue weighted by molar-refractivity contribution is 7.89. The summed E-state index contributed by atoms with van der Waals surface area (Å²) in [7, 11) is -2.00. The van der Waals surface area contributed by atoms with Crippen LogP contribution in [0.25, 0.3) is 10.9 Å². The van der Waals surface area contributed by atoms with Crippen LogP contribution in [0.1, 0.15) is 25.3 Å². The second-order valence-electron chi connectivity index (χ2n) is 7.96. The highest BCUT2D eigenvalue weighted by Crippen LogP contribution is 2.28. The lowest BCUT2D eigenvalue weighted by atomic mass is 9.96. The molecule has 9 heteroatoms. The number of sulfonamides is 1. The number of aromatic nitrogens is 2. The van der Waals surface area contributed by atoms with E-state index in [2.05, 4.69) is 10.2 Å². The van der Waals surface area contributed by atoms with Crippen molar-refractivity contribution in [1.29, 1.82) is 0 Å². The molecular formula is C23H28N4O4S. The van der Waals surface area contributed by atoms with Crippen LogP contribution in [0.5, 0.6) is 5.75 Å². The lowest BCUT2D eigenvalue weighted by Crippen LogP contribution is -2.44. The molecule has 1 aromatic heterocycles. The number of benzene rings is 2. The average Bonchev–Trinajstić information content (AvgIpc) is 3.30. The Balaban J connectivity index is 1.42. The minimum atomic E-state index is -3.62. The maximum absolute atomic E-state index is 13.2. The van der Waals surface area contributed by atoms with Gasteiger partial charge in [0, 0.05) is 43.0 Å². The van der Waals surface area contributed by atoms with Gasteiger partial charge in [-0.05, 0) is 44.0 Å². The molecule has 0 spiro atoms. The number of fused-ring (bicyclic) bond motifs is 1. The van der Waals surface area contributed by atoms with Gasteiger partial charge in [-0.2, -0.15) is 9.40 Å². The van der Waals surface area contributed by atoms with Gasteiger partial charge >= 0.3 is 0 Å². The zero-order valence-corrected chi connectivity index (χ0v) is 19.1. The van der Waals surface area contributed by atoms with Gasteiger partial charge < -0.3 is 9.64 Å². The largest absolute Gasteiger partial charge is 0.496 e.